The summed E-state index contributed by atoms with van der Waals surface area (Å²) in [5.41, 5.74) is 4.80. The van der Waals surface area contributed by atoms with Crippen LogP contribution in [0.15, 0.2) is 71.1 Å². The Morgan fingerprint density at radius 1 is 1.33 bits per heavy atom. The molecule has 0 fully saturated rings. The molecule has 0 bridgehead atoms. The van der Waals surface area contributed by atoms with Crippen molar-refractivity contribution >= 4 is 23.1 Å². The van der Waals surface area contributed by atoms with E-state index in [-0.39, 0.29) is 0 Å². The molecule has 0 spiro atoms. The second kappa shape index (κ2) is 8.40. The van der Waals surface area contributed by atoms with Gasteiger partial charge in [-0.3, -0.25) is 0 Å². The highest BCUT2D eigenvalue weighted by atomic mass is 32.1. The van der Waals surface area contributed by atoms with Gasteiger partial charge < -0.3 is 10.2 Å². The van der Waals surface area contributed by atoms with Crippen LogP contribution in [0.1, 0.15) is 41.3 Å². The van der Waals surface area contributed by atoms with E-state index in [1.807, 2.05) is 25.4 Å². The second-order valence-corrected chi connectivity index (χ2v) is 8.02. The minimum Gasteiger partial charge on any atom is -0.366 e. The summed E-state index contributed by atoms with van der Waals surface area (Å²) < 4.78 is 0. The van der Waals surface area contributed by atoms with Crippen LogP contribution in [-0.4, -0.2) is 18.2 Å². The zero-order chi connectivity index (χ0) is 19.4. The van der Waals surface area contributed by atoms with E-state index in [1.165, 1.54) is 21.6 Å². The van der Waals surface area contributed by atoms with Crippen LogP contribution in [0, 0.1) is 6.92 Å². The highest BCUT2D eigenvalue weighted by Gasteiger charge is 2.18. The highest BCUT2D eigenvalue weighted by molar-refractivity contribution is 7.09. The van der Waals surface area contributed by atoms with Gasteiger partial charge in [0.05, 0.1) is 6.54 Å². The van der Waals surface area contributed by atoms with Crippen LogP contribution in [0.2, 0.25) is 0 Å². The van der Waals surface area contributed by atoms with Gasteiger partial charge in [0.1, 0.15) is 11.6 Å². The molecular formula is C23H27N3S. The lowest BCUT2D eigenvalue weighted by molar-refractivity contribution is 0.462. The third-order valence-corrected chi connectivity index (χ3v) is 5.67. The van der Waals surface area contributed by atoms with Gasteiger partial charge in [-0.1, -0.05) is 50.8 Å². The molecule has 1 aromatic heterocycles. The molecule has 1 aromatic carbocycles. The van der Waals surface area contributed by atoms with Gasteiger partial charge in [-0.2, -0.15) is 0 Å². The molecule has 2 aromatic rings. The molecular weight excluding hydrogens is 350 g/mol. The molecule has 3 nitrogen and oxygen atoms in total. The Bertz CT molecular complexity index is 902. The van der Waals surface area contributed by atoms with Crippen LogP contribution >= 0.6 is 11.3 Å². The largest absolute Gasteiger partial charge is 0.366 e. The highest BCUT2D eigenvalue weighted by Crippen LogP contribution is 2.30. The monoisotopic (exact) mass is 377 g/mol. The number of hydrogen-bond donors (Lipinski definition) is 1. The Labute approximate surface area is 166 Å². The molecule has 4 heteroatoms. The summed E-state index contributed by atoms with van der Waals surface area (Å²) in [5.74, 6) is 2.42. The van der Waals surface area contributed by atoms with E-state index in [1.54, 1.807) is 11.3 Å². The number of allylic oxidation sites excluding steroid dienone is 3. The molecule has 140 valence electrons. The summed E-state index contributed by atoms with van der Waals surface area (Å²) in [6, 6.07) is 10.9. The summed E-state index contributed by atoms with van der Waals surface area (Å²) in [5, 5.41) is 5.62. The average molecular weight is 378 g/mol. The molecule has 1 aliphatic rings. The molecule has 0 radical (unpaired) electrons. The van der Waals surface area contributed by atoms with E-state index in [2.05, 4.69) is 78.3 Å². The lowest BCUT2D eigenvalue weighted by atomic mass is 9.93. The smallest absolute Gasteiger partial charge is 0.141 e. The van der Waals surface area contributed by atoms with Crippen molar-refractivity contribution in [3.05, 3.63) is 87.7 Å². The number of aryl methyl sites for hydroxylation is 1. The average Bonchev–Trinajstić information content (AvgIpc) is 3.17. The molecule has 0 atom stereocenters. The van der Waals surface area contributed by atoms with Crippen molar-refractivity contribution < 1.29 is 0 Å². The number of nitrogens with zero attached hydrogens (tertiary/aromatic N) is 2. The second-order valence-electron chi connectivity index (χ2n) is 6.99. The van der Waals surface area contributed by atoms with Crippen molar-refractivity contribution in [1.82, 2.24) is 10.2 Å². The van der Waals surface area contributed by atoms with Crippen molar-refractivity contribution in [2.75, 3.05) is 7.05 Å². The maximum Gasteiger partial charge on any atom is 0.141 e. The van der Waals surface area contributed by atoms with Gasteiger partial charge in [0.15, 0.2) is 0 Å². The van der Waals surface area contributed by atoms with Gasteiger partial charge in [0.25, 0.3) is 0 Å². The molecule has 0 saturated carbocycles. The number of rotatable bonds is 6. The fourth-order valence-corrected chi connectivity index (χ4v) is 3.76. The third-order valence-electron chi connectivity index (χ3n) is 4.80. The van der Waals surface area contributed by atoms with Crippen LogP contribution in [0.3, 0.4) is 0 Å². The number of thiophene rings is 1. The van der Waals surface area contributed by atoms with E-state index in [4.69, 9.17) is 0 Å². The Hall–Kier alpha value is -2.59. The predicted octanol–water partition coefficient (Wildman–Crippen LogP) is 5.68. The van der Waals surface area contributed by atoms with E-state index < -0.39 is 0 Å². The zero-order valence-electron chi connectivity index (χ0n) is 16.5. The quantitative estimate of drug-likeness (QED) is 0.701. The van der Waals surface area contributed by atoms with E-state index in [0.717, 1.165) is 23.8 Å². The maximum absolute atomic E-state index is 4.66. The topological polar surface area (TPSA) is 27.6 Å². The molecule has 1 N–H and O–H groups in total. The van der Waals surface area contributed by atoms with Crippen molar-refractivity contribution in [2.45, 2.75) is 33.2 Å². The zero-order valence-corrected chi connectivity index (χ0v) is 17.3. The molecule has 0 amide bonds. The molecule has 3 rings (SSSR count). The predicted molar refractivity (Wildman–Crippen MR) is 118 cm³/mol. The Morgan fingerprint density at radius 2 is 2.15 bits per heavy atom. The first-order valence-corrected chi connectivity index (χ1v) is 10.1. The fraction of sp³-hybridized carbons (Fsp3) is 0.261. The van der Waals surface area contributed by atoms with Crippen molar-refractivity contribution in [3.8, 4) is 0 Å². The lowest BCUT2D eigenvalue weighted by Gasteiger charge is -2.28. The standard InChI is InChI=1S/C23H27N3S/c1-6-20(21-14-18(16(2)3)10-9-17(21)4)23-24-12-11-22(26(23)5)25-15-19-8-7-13-27-19/h6-14,16,25H,1,15H2,2-5H3/b23-20+. The third kappa shape index (κ3) is 4.22. The van der Waals surface area contributed by atoms with Gasteiger partial charge in [-0.25, -0.2) is 4.99 Å². The number of nitrogens with one attached hydrogen (secondary N) is 1. The summed E-state index contributed by atoms with van der Waals surface area (Å²) in [4.78, 5) is 8.07. The summed E-state index contributed by atoms with van der Waals surface area (Å²) >= 11 is 1.76. The molecule has 0 unspecified atom stereocenters. The van der Waals surface area contributed by atoms with Gasteiger partial charge in [0, 0.05) is 23.7 Å². The van der Waals surface area contributed by atoms with E-state index >= 15 is 0 Å². The minimum atomic E-state index is 0.482. The van der Waals surface area contributed by atoms with Gasteiger partial charge >= 0.3 is 0 Å². The Balaban J connectivity index is 1.93. The lowest BCUT2D eigenvalue weighted by Crippen LogP contribution is -2.30. The van der Waals surface area contributed by atoms with Crippen LogP contribution in [0.4, 0.5) is 0 Å². The van der Waals surface area contributed by atoms with Crippen molar-refractivity contribution in [1.29, 1.82) is 0 Å². The molecule has 2 heterocycles. The Morgan fingerprint density at radius 3 is 2.81 bits per heavy atom. The summed E-state index contributed by atoms with van der Waals surface area (Å²) in [6.07, 6.45) is 5.78. The van der Waals surface area contributed by atoms with Crippen LogP contribution in [-0.2, 0) is 6.54 Å². The van der Waals surface area contributed by atoms with Crippen LogP contribution < -0.4 is 5.32 Å². The maximum atomic E-state index is 4.66. The Kier molecular flexibility index (Phi) is 5.97. The fourth-order valence-electron chi connectivity index (χ4n) is 3.12. The van der Waals surface area contributed by atoms with Crippen molar-refractivity contribution in [2.24, 2.45) is 4.99 Å². The van der Waals surface area contributed by atoms with Gasteiger partial charge in [-0.05, 0) is 47.1 Å². The van der Waals surface area contributed by atoms with E-state index in [0.29, 0.717) is 5.92 Å². The number of hydrogen-bond acceptors (Lipinski definition) is 4. The normalized spacial score (nSPS) is 15.7. The minimum absolute atomic E-state index is 0.482. The van der Waals surface area contributed by atoms with Gasteiger partial charge in [0.2, 0.25) is 0 Å². The summed E-state index contributed by atoms with van der Waals surface area (Å²) in [6.45, 7) is 11.5. The van der Waals surface area contributed by atoms with Crippen LogP contribution in [0.25, 0.3) is 5.57 Å². The molecule has 1 aliphatic heterocycles. The summed E-state index contributed by atoms with van der Waals surface area (Å²) in [7, 11) is 2.05. The van der Waals surface area contributed by atoms with Crippen LogP contribution in [0.5, 0.6) is 0 Å². The molecule has 0 saturated heterocycles. The van der Waals surface area contributed by atoms with Crippen molar-refractivity contribution in [3.63, 3.8) is 0 Å². The molecule has 0 aliphatic carbocycles. The molecule has 27 heavy (non-hydrogen) atoms. The SMILES string of the molecule is C=C/C(=C1/N=CC=C(NCc2cccs2)N1C)c1cc(C(C)C)ccc1C. The first kappa shape index (κ1) is 19.2. The first-order chi connectivity index (χ1) is 13.0. The van der Waals surface area contributed by atoms with E-state index in [9.17, 15) is 0 Å². The van der Waals surface area contributed by atoms with Gasteiger partial charge in [-0.15, -0.1) is 11.3 Å². The number of benzene rings is 1. The number of aliphatic imine (C=N–C) groups is 1. The first-order valence-electron chi connectivity index (χ1n) is 9.23.